The zero-order valence-electron chi connectivity index (χ0n) is 9.97. The van der Waals surface area contributed by atoms with E-state index < -0.39 is 0 Å². The fraction of sp³-hybridized carbons (Fsp3) is 0.333. The predicted molar refractivity (Wildman–Crippen MR) is 69.6 cm³/mol. The molecule has 0 amide bonds. The fourth-order valence-corrected chi connectivity index (χ4v) is 2.65. The van der Waals surface area contributed by atoms with E-state index in [9.17, 15) is 0 Å². The average molecular weight is 248 g/mol. The Balaban J connectivity index is 2.15. The van der Waals surface area contributed by atoms with Crippen LogP contribution in [0.25, 0.3) is 0 Å². The second-order valence-corrected chi connectivity index (χ2v) is 5.24. The summed E-state index contributed by atoms with van der Waals surface area (Å²) in [7, 11) is 0. The van der Waals surface area contributed by atoms with E-state index in [2.05, 4.69) is 22.3 Å². The molecule has 5 heteroatoms. The van der Waals surface area contributed by atoms with E-state index in [0.29, 0.717) is 0 Å². The topological polar surface area (TPSA) is 63.8 Å². The van der Waals surface area contributed by atoms with Gasteiger partial charge in [0, 0.05) is 23.7 Å². The van der Waals surface area contributed by atoms with E-state index in [1.807, 2.05) is 19.1 Å². The Morgan fingerprint density at radius 2 is 2.06 bits per heavy atom. The van der Waals surface area contributed by atoms with Gasteiger partial charge in [-0.05, 0) is 31.5 Å². The number of pyridine rings is 1. The lowest BCUT2D eigenvalue weighted by atomic mass is 10.1. The summed E-state index contributed by atoms with van der Waals surface area (Å²) in [6.07, 6.45) is 4.36. The van der Waals surface area contributed by atoms with Gasteiger partial charge in [-0.2, -0.15) is 0 Å². The van der Waals surface area contributed by atoms with E-state index in [1.165, 1.54) is 4.88 Å². The molecule has 90 valence electrons. The van der Waals surface area contributed by atoms with Crippen molar-refractivity contribution in [2.45, 2.75) is 26.3 Å². The third-order valence-corrected chi connectivity index (χ3v) is 3.86. The summed E-state index contributed by atoms with van der Waals surface area (Å²) in [5.41, 5.74) is 5.07. The van der Waals surface area contributed by atoms with Gasteiger partial charge in [-0.1, -0.05) is 0 Å². The highest BCUT2D eigenvalue weighted by Gasteiger charge is 2.13. The maximum Gasteiger partial charge on any atom is 0.0950 e. The van der Waals surface area contributed by atoms with Gasteiger partial charge in [0.05, 0.1) is 16.7 Å². The van der Waals surface area contributed by atoms with Crippen LogP contribution in [0.2, 0.25) is 0 Å². The number of thiazole rings is 1. The molecule has 1 atom stereocenters. The molecule has 0 spiro atoms. The van der Waals surface area contributed by atoms with Crippen LogP contribution >= 0.6 is 11.3 Å². The zero-order chi connectivity index (χ0) is 12.3. The van der Waals surface area contributed by atoms with Crippen LogP contribution in [0.4, 0.5) is 0 Å². The minimum atomic E-state index is 0.0861. The summed E-state index contributed by atoms with van der Waals surface area (Å²) in [5, 5.41) is 1.11. The third-order valence-electron chi connectivity index (χ3n) is 2.76. The number of rotatable bonds is 4. The Hall–Kier alpha value is -1.30. The molecule has 0 aliphatic carbocycles. The first-order valence-electron chi connectivity index (χ1n) is 5.49. The number of hydrogen-bond donors (Lipinski definition) is 2. The monoisotopic (exact) mass is 248 g/mol. The Labute approximate surface area is 105 Å². The van der Waals surface area contributed by atoms with Gasteiger partial charge >= 0.3 is 0 Å². The molecule has 0 saturated heterocycles. The molecule has 2 heterocycles. The minimum absolute atomic E-state index is 0.0861. The van der Waals surface area contributed by atoms with Crippen LogP contribution in [-0.4, -0.2) is 9.97 Å². The maximum atomic E-state index is 5.60. The highest BCUT2D eigenvalue weighted by atomic mass is 32.1. The van der Waals surface area contributed by atoms with Crippen molar-refractivity contribution < 1.29 is 0 Å². The highest BCUT2D eigenvalue weighted by molar-refractivity contribution is 7.11. The molecule has 2 rings (SSSR count). The van der Waals surface area contributed by atoms with Crippen LogP contribution in [0.3, 0.4) is 0 Å². The number of hydrogen-bond acceptors (Lipinski definition) is 5. The van der Waals surface area contributed by atoms with Crippen molar-refractivity contribution in [3.8, 4) is 0 Å². The number of nitrogens with zero attached hydrogens (tertiary/aromatic N) is 2. The summed E-state index contributed by atoms with van der Waals surface area (Å²) in [6, 6.07) is 4.03. The molecule has 1 unspecified atom stereocenters. The standard InChI is InChI=1S/C12H16N4S/c1-8-9(2)17-12(15-8)7-11(16-13)10-3-5-14-6-4-10/h3-6,11,16H,7,13H2,1-2H3. The Bertz CT molecular complexity index is 461. The second-order valence-electron chi connectivity index (χ2n) is 3.95. The SMILES string of the molecule is Cc1nc(CC(NN)c2ccncc2)sc1C. The lowest BCUT2D eigenvalue weighted by molar-refractivity contribution is 0.550. The van der Waals surface area contributed by atoms with Crippen LogP contribution in [0.15, 0.2) is 24.5 Å². The van der Waals surface area contributed by atoms with Crippen molar-refractivity contribution in [3.05, 3.63) is 45.7 Å². The molecule has 0 saturated carbocycles. The molecule has 0 aromatic carbocycles. The number of aromatic nitrogens is 2. The van der Waals surface area contributed by atoms with Crippen LogP contribution in [0.5, 0.6) is 0 Å². The molecular weight excluding hydrogens is 232 g/mol. The van der Waals surface area contributed by atoms with E-state index in [0.717, 1.165) is 22.7 Å². The summed E-state index contributed by atoms with van der Waals surface area (Å²) in [5.74, 6) is 5.60. The van der Waals surface area contributed by atoms with Gasteiger partial charge in [0.2, 0.25) is 0 Å². The fourth-order valence-electron chi connectivity index (χ4n) is 1.67. The zero-order valence-corrected chi connectivity index (χ0v) is 10.8. The summed E-state index contributed by atoms with van der Waals surface area (Å²) < 4.78 is 0. The normalized spacial score (nSPS) is 12.6. The van der Waals surface area contributed by atoms with Crippen molar-refractivity contribution in [1.29, 1.82) is 0 Å². The first-order chi connectivity index (χ1) is 8.20. The molecule has 0 bridgehead atoms. The number of nitrogens with two attached hydrogens (primary N) is 1. The molecule has 0 radical (unpaired) electrons. The van der Waals surface area contributed by atoms with Gasteiger partial charge in [-0.25, -0.2) is 4.98 Å². The van der Waals surface area contributed by atoms with Crippen molar-refractivity contribution in [1.82, 2.24) is 15.4 Å². The van der Waals surface area contributed by atoms with E-state index >= 15 is 0 Å². The van der Waals surface area contributed by atoms with E-state index in [1.54, 1.807) is 23.7 Å². The lowest BCUT2D eigenvalue weighted by Gasteiger charge is -2.14. The molecule has 0 aliphatic heterocycles. The predicted octanol–water partition coefficient (Wildman–Crippen LogP) is 1.90. The lowest BCUT2D eigenvalue weighted by Crippen LogP contribution is -2.29. The van der Waals surface area contributed by atoms with E-state index in [4.69, 9.17) is 5.84 Å². The van der Waals surface area contributed by atoms with Gasteiger partial charge < -0.3 is 0 Å². The van der Waals surface area contributed by atoms with Crippen molar-refractivity contribution in [3.63, 3.8) is 0 Å². The van der Waals surface area contributed by atoms with Gasteiger partial charge in [0.15, 0.2) is 0 Å². The Morgan fingerprint density at radius 1 is 1.35 bits per heavy atom. The van der Waals surface area contributed by atoms with Crippen LogP contribution in [-0.2, 0) is 6.42 Å². The summed E-state index contributed by atoms with van der Waals surface area (Å²) >= 11 is 1.73. The number of nitrogens with one attached hydrogen (secondary N) is 1. The van der Waals surface area contributed by atoms with Crippen molar-refractivity contribution in [2.24, 2.45) is 5.84 Å². The Kier molecular flexibility index (Phi) is 3.83. The molecular formula is C12H16N4S. The van der Waals surface area contributed by atoms with Gasteiger partial charge in [0.1, 0.15) is 0 Å². The van der Waals surface area contributed by atoms with Crippen LogP contribution in [0, 0.1) is 13.8 Å². The smallest absolute Gasteiger partial charge is 0.0950 e. The largest absolute Gasteiger partial charge is 0.271 e. The number of hydrazine groups is 1. The molecule has 0 fully saturated rings. The Morgan fingerprint density at radius 3 is 2.59 bits per heavy atom. The quantitative estimate of drug-likeness (QED) is 0.641. The minimum Gasteiger partial charge on any atom is -0.271 e. The maximum absolute atomic E-state index is 5.60. The molecule has 2 aromatic heterocycles. The molecule has 4 nitrogen and oxygen atoms in total. The summed E-state index contributed by atoms with van der Waals surface area (Å²) in [6.45, 7) is 4.13. The second kappa shape index (κ2) is 5.35. The first kappa shape index (κ1) is 12.2. The van der Waals surface area contributed by atoms with Gasteiger partial charge in [0.25, 0.3) is 0 Å². The molecule has 3 N–H and O–H groups in total. The van der Waals surface area contributed by atoms with Crippen LogP contribution < -0.4 is 11.3 Å². The molecule has 2 aromatic rings. The van der Waals surface area contributed by atoms with Crippen molar-refractivity contribution in [2.75, 3.05) is 0 Å². The molecule has 0 aliphatic rings. The first-order valence-corrected chi connectivity index (χ1v) is 6.31. The third kappa shape index (κ3) is 2.88. The number of aryl methyl sites for hydroxylation is 2. The van der Waals surface area contributed by atoms with Gasteiger partial charge in [-0.15, -0.1) is 11.3 Å². The average Bonchev–Trinajstić information content (AvgIpc) is 2.67. The van der Waals surface area contributed by atoms with E-state index in [-0.39, 0.29) is 6.04 Å². The molecule has 17 heavy (non-hydrogen) atoms. The van der Waals surface area contributed by atoms with Gasteiger partial charge in [-0.3, -0.25) is 16.3 Å². The van der Waals surface area contributed by atoms with Crippen molar-refractivity contribution >= 4 is 11.3 Å². The highest BCUT2D eigenvalue weighted by Crippen LogP contribution is 2.22. The summed E-state index contributed by atoms with van der Waals surface area (Å²) in [4.78, 5) is 9.81. The van der Waals surface area contributed by atoms with Crippen LogP contribution in [0.1, 0.15) is 27.2 Å².